The Labute approximate surface area is 87.9 Å². The molecule has 8 heteroatoms. The Morgan fingerprint density at radius 3 is 1.93 bits per heavy atom. The fourth-order valence-corrected chi connectivity index (χ4v) is 1.82. The molecule has 0 aliphatic rings. The molecule has 0 aliphatic heterocycles. The summed E-state index contributed by atoms with van der Waals surface area (Å²) in [4.78, 5) is 40.0. The molecule has 0 aromatic heterocycles. The lowest BCUT2D eigenvalue weighted by atomic mass is 10.3. The highest BCUT2D eigenvalue weighted by Crippen LogP contribution is 2.20. The van der Waals surface area contributed by atoms with Crippen molar-refractivity contribution >= 4 is 28.0 Å². The van der Waals surface area contributed by atoms with Crippen LogP contribution in [0.5, 0.6) is 0 Å². The molecule has 0 aromatic carbocycles. The second-order valence-electron chi connectivity index (χ2n) is 2.48. The van der Waals surface area contributed by atoms with Crippen LogP contribution in [0.25, 0.3) is 0 Å². The molecule has 0 saturated heterocycles. The molecule has 0 fully saturated rings. The largest absolute Gasteiger partial charge is 0.427 e. The lowest BCUT2D eigenvalue weighted by Gasteiger charge is -2.13. The van der Waals surface area contributed by atoms with Gasteiger partial charge in [0.1, 0.15) is 0 Å². The van der Waals surface area contributed by atoms with E-state index in [0.29, 0.717) is 6.04 Å². The van der Waals surface area contributed by atoms with Crippen molar-refractivity contribution in [2.45, 2.75) is 18.3 Å². The van der Waals surface area contributed by atoms with Gasteiger partial charge in [-0.15, -0.1) is 0 Å². The van der Waals surface area contributed by atoms with Gasteiger partial charge in [-0.1, -0.05) is 0 Å². The van der Waals surface area contributed by atoms with Crippen molar-refractivity contribution in [2.75, 3.05) is 7.11 Å². The lowest BCUT2D eigenvalue weighted by Crippen LogP contribution is -2.21. The maximum atomic E-state index is 10.1. The molecule has 0 aromatic rings. The van der Waals surface area contributed by atoms with Gasteiger partial charge in [-0.05, 0) is 6.04 Å². The minimum atomic E-state index is -1.74. The van der Waals surface area contributed by atoms with Gasteiger partial charge in [-0.2, -0.15) is 15.0 Å². The fourth-order valence-electron chi connectivity index (χ4n) is 0.916. The van der Waals surface area contributed by atoms with Crippen molar-refractivity contribution in [1.82, 2.24) is 0 Å². The Morgan fingerprint density at radius 2 is 1.60 bits per heavy atom. The van der Waals surface area contributed by atoms with Crippen molar-refractivity contribution in [3.63, 3.8) is 0 Å². The summed E-state index contributed by atoms with van der Waals surface area (Å²) >= 11 is 0. The minimum Gasteiger partial charge on any atom is -0.427 e. The first-order valence-electron chi connectivity index (χ1n) is 4.00. The predicted octanol–water partition coefficient (Wildman–Crippen LogP) is -0.814. The second kappa shape index (κ2) is 7.70. The van der Waals surface area contributed by atoms with E-state index in [2.05, 4.69) is 15.0 Å². The van der Waals surface area contributed by atoms with Crippen LogP contribution in [0.4, 0.5) is 0 Å². The number of hydrogen-bond donors (Lipinski definition) is 0. The minimum absolute atomic E-state index is 0.132. The van der Waals surface area contributed by atoms with Crippen molar-refractivity contribution in [1.29, 1.82) is 0 Å². The maximum absolute atomic E-state index is 10.1. The van der Waals surface area contributed by atoms with Crippen LogP contribution in [0.2, 0.25) is 6.04 Å². The standard InChI is InChI=1S/C7H9N3O4Si/c1-14-15-3-2-7(8-4-11,9-5-12)10-6-13/h2-3,15H2,1H3. The Bertz CT molecular complexity index is 295. The van der Waals surface area contributed by atoms with Crippen LogP contribution < -0.4 is 0 Å². The average molecular weight is 227 g/mol. The zero-order valence-corrected chi connectivity index (χ0v) is 9.51. The van der Waals surface area contributed by atoms with Crippen LogP contribution in [-0.2, 0) is 18.8 Å². The summed E-state index contributed by atoms with van der Waals surface area (Å²) in [6.45, 7) is 0. The van der Waals surface area contributed by atoms with Gasteiger partial charge in [0, 0.05) is 13.5 Å². The molecule has 0 N–H and O–H groups in total. The van der Waals surface area contributed by atoms with Gasteiger partial charge in [-0.3, -0.25) is 0 Å². The SMILES string of the molecule is CO[SiH2]CCC(N=C=O)(N=C=O)N=C=O. The molecule has 7 nitrogen and oxygen atoms in total. The number of carbonyl (C=O) groups excluding carboxylic acids is 3. The normalized spacial score (nSPS) is 13.4. The van der Waals surface area contributed by atoms with E-state index in [0.717, 1.165) is 0 Å². The van der Waals surface area contributed by atoms with E-state index in [1.807, 2.05) is 0 Å². The highest BCUT2D eigenvalue weighted by molar-refractivity contribution is 6.26. The molecule has 15 heavy (non-hydrogen) atoms. The monoisotopic (exact) mass is 227 g/mol. The Kier molecular flexibility index (Phi) is 6.83. The van der Waals surface area contributed by atoms with E-state index in [9.17, 15) is 14.4 Å². The molecule has 0 heterocycles. The van der Waals surface area contributed by atoms with E-state index in [1.165, 1.54) is 18.2 Å². The predicted molar refractivity (Wildman–Crippen MR) is 52.1 cm³/mol. The van der Waals surface area contributed by atoms with Crippen molar-refractivity contribution < 1.29 is 18.8 Å². The summed E-state index contributed by atoms with van der Waals surface area (Å²) in [6.07, 6.45) is 3.76. The Hall–Kier alpha value is -1.68. The summed E-state index contributed by atoms with van der Waals surface area (Å²) in [5, 5.41) is 0. The van der Waals surface area contributed by atoms with Gasteiger partial charge in [0.05, 0.1) is 0 Å². The first-order chi connectivity index (χ1) is 7.24. The molecule has 0 rings (SSSR count). The van der Waals surface area contributed by atoms with Crippen LogP contribution in [0.3, 0.4) is 0 Å². The molecule has 0 spiro atoms. The molecular weight excluding hydrogens is 218 g/mol. The van der Waals surface area contributed by atoms with E-state index in [-0.39, 0.29) is 6.42 Å². The molecule has 0 unspecified atom stereocenters. The van der Waals surface area contributed by atoms with E-state index in [1.54, 1.807) is 7.11 Å². The summed E-state index contributed by atoms with van der Waals surface area (Å²) < 4.78 is 4.89. The summed E-state index contributed by atoms with van der Waals surface area (Å²) in [7, 11) is 0.766. The molecule has 0 atom stereocenters. The van der Waals surface area contributed by atoms with Crippen molar-refractivity contribution in [3.05, 3.63) is 0 Å². The summed E-state index contributed by atoms with van der Waals surface area (Å²) in [5.41, 5.74) is 0. The molecule has 0 bridgehead atoms. The van der Waals surface area contributed by atoms with Crippen molar-refractivity contribution in [3.8, 4) is 0 Å². The van der Waals surface area contributed by atoms with E-state index in [4.69, 9.17) is 4.43 Å². The van der Waals surface area contributed by atoms with Crippen LogP contribution in [0.1, 0.15) is 6.42 Å². The molecular formula is C7H9N3O4Si. The van der Waals surface area contributed by atoms with Crippen LogP contribution in [0.15, 0.2) is 15.0 Å². The Balaban J connectivity index is 4.85. The van der Waals surface area contributed by atoms with Gasteiger partial charge < -0.3 is 4.43 Å². The third kappa shape index (κ3) is 4.92. The topological polar surface area (TPSA) is 97.5 Å². The zero-order valence-electron chi connectivity index (χ0n) is 8.10. The lowest BCUT2D eigenvalue weighted by molar-refractivity contribution is 0.410. The number of nitrogens with zero attached hydrogens (tertiary/aromatic N) is 3. The highest BCUT2D eigenvalue weighted by Gasteiger charge is 2.28. The number of aliphatic imine (C=N–C) groups is 3. The zero-order chi connectivity index (χ0) is 11.6. The first kappa shape index (κ1) is 13.3. The van der Waals surface area contributed by atoms with Gasteiger partial charge in [0.15, 0.2) is 9.76 Å². The number of hydrogen-bond acceptors (Lipinski definition) is 7. The van der Waals surface area contributed by atoms with Gasteiger partial charge in [-0.25, -0.2) is 14.4 Å². The van der Waals surface area contributed by atoms with Crippen molar-refractivity contribution in [2.24, 2.45) is 15.0 Å². The molecule has 0 aliphatic carbocycles. The van der Waals surface area contributed by atoms with Gasteiger partial charge in [0.25, 0.3) is 5.79 Å². The quantitative estimate of drug-likeness (QED) is 0.246. The van der Waals surface area contributed by atoms with Gasteiger partial charge >= 0.3 is 0 Å². The van der Waals surface area contributed by atoms with E-state index >= 15 is 0 Å². The summed E-state index contributed by atoms with van der Waals surface area (Å²) in [5.74, 6) is -1.74. The van der Waals surface area contributed by atoms with E-state index < -0.39 is 15.5 Å². The van der Waals surface area contributed by atoms with Gasteiger partial charge in [0.2, 0.25) is 18.2 Å². The number of rotatable bonds is 7. The third-order valence-electron chi connectivity index (χ3n) is 1.53. The third-order valence-corrected chi connectivity index (χ3v) is 2.59. The fraction of sp³-hybridized carbons (Fsp3) is 0.571. The van der Waals surface area contributed by atoms with Crippen LogP contribution in [0, 0.1) is 0 Å². The smallest absolute Gasteiger partial charge is 0.277 e. The summed E-state index contributed by atoms with van der Waals surface area (Å²) in [6, 6.07) is 0.554. The number of isocyanates is 3. The molecule has 80 valence electrons. The van der Waals surface area contributed by atoms with Crippen LogP contribution in [-0.4, -0.2) is 40.9 Å². The maximum Gasteiger partial charge on any atom is 0.277 e. The highest BCUT2D eigenvalue weighted by atomic mass is 28.2. The Morgan fingerprint density at radius 1 is 1.13 bits per heavy atom. The first-order valence-corrected chi connectivity index (χ1v) is 5.58. The molecule has 0 saturated carbocycles. The van der Waals surface area contributed by atoms with Crippen LogP contribution >= 0.6 is 0 Å². The average Bonchev–Trinajstić information content (AvgIpc) is 2.19. The second-order valence-corrected chi connectivity index (χ2v) is 4.17. The molecule has 0 amide bonds. The molecule has 0 radical (unpaired) electrons.